The Morgan fingerprint density at radius 1 is 1.31 bits per heavy atom. The normalized spacial score (nSPS) is 12.9. The van der Waals surface area contributed by atoms with Crippen LogP contribution in [0, 0.1) is 0 Å². The van der Waals surface area contributed by atoms with Crippen LogP contribution in [0.4, 0.5) is 5.69 Å². The van der Waals surface area contributed by atoms with Gasteiger partial charge in [-0.25, -0.2) is 0 Å². The molecule has 0 saturated carbocycles. The maximum Gasteiger partial charge on any atom is 0.0459 e. The molecule has 0 amide bonds. The molecule has 0 fully saturated rings. The Bertz CT molecular complexity index is 348. The number of benzene rings is 1. The van der Waals surface area contributed by atoms with Gasteiger partial charge in [-0.05, 0) is 44.9 Å². The molecule has 0 radical (unpaired) electrons. The number of hydrogen-bond donors (Lipinski definition) is 1. The Labute approximate surface area is 103 Å². The lowest BCUT2D eigenvalue weighted by Gasteiger charge is -2.27. The van der Waals surface area contributed by atoms with Crippen molar-refractivity contribution < 1.29 is 0 Å². The number of rotatable bonds is 4. The first-order valence-electron chi connectivity index (χ1n) is 5.69. The summed E-state index contributed by atoms with van der Waals surface area (Å²) in [5.74, 6) is 0. The lowest BCUT2D eigenvalue weighted by molar-refractivity contribution is 0.717. The quantitative estimate of drug-likeness (QED) is 0.877. The third-order valence-corrected chi connectivity index (χ3v) is 3.13. The second-order valence-corrected chi connectivity index (χ2v) is 5.03. The molecule has 0 heterocycles. The molecule has 0 aliphatic rings. The van der Waals surface area contributed by atoms with E-state index in [1.807, 2.05) is 19.1 Å². The van der Waals surface area contributed by atoms with Gasteiger partial charge >= 0.3 is 0 Å². The van der Waals surface area contributed by atoms with Crippen molar-refractivity contribution in [1.29, 1.82) is 0 Å². The van der Waals surface area contributed by atoms with Gasteiger partial charge in [0.05, 0.1) is 0 Å². The SMILES string of the molecule is CC(N)Cc1c(Cl)cccc1N(C)C(C)C. The average Bonchev–Trinajstić information content (AvgIpc) is 2.19. The minimum absolute atomic E-state index is 0.124. The molecule has 0 saturated heterocycles. The van der Waals surface area contributed by atoms with E-state index in [0.717, 1.165) is 17.0 Å². The van der Waals surface area contributed by atoms with Crippen molar-refractivity contribution in [2.24, 2.45) is 5.73 Å². The lowest BCUT2D eigenvalue weighted by atomic mass is 10.0. The van der Waals surface area contributed by atoms with Crippen LogP contribution < -0.4 is 10.6 Å². The molecule has 3 heteroatoms. The van der Waals surface area contributed by atoms with Crippen LogP contribution in [0.25, 0.3) is 0 Å². The van der Waals surface area contributed by atoms with Crippen LogP contribution in [0.2, 0.25) is 5.02 Å². The maximum atomic E-state index is 6.24. The fraction of sp³-hybridized carbons (Fsp3) is 0.538. The molecule has 0 aliphatic carbocycles. The first-order chi connectivity index (χ1) is 7.43. The van der Waals surface area contributed by atoms with E-state index in [9.17, 15) is 0 Å². The van der Waals surface area contributed by atoms with Crippen LogP contribution in [0.15, 0.2) is 18.2 Å². The van der Waals surface area contributed by atoms with Crippen LogP contribution >= 0.6 is 11.6 Å². The van der Waals surface area contributed by atoms with Gasteiger partial charge in [0.15, 0.2) is 0 Å². The van der Waals surface area contributed by atoms with E-state index >= 15 is 0 Å². The summed E-state index contributed by atoms with van der Waals surface area (Å²) in [5, 5.41) is 0.808. The first kappa shape index (κ1) is 13.3. The van der Waals surface area contributed by atoms with Gasteiger partial charge in [0.2, 0.25) is 0 Å². The number of anilines is 1. The summed E-state index contributed by atoms with van der Waals surface area (Å²) in [6, 6.07) is 6.59. The van der Waals surface area contributed by atoms with Gasteiger partial charge in [-0.2, -0.15) is 0 Å². The minimum Gasteiger partial charge on any atom is -0.372 e. The fourth-order valence-corrected chi connectivity index (χ4v) is 1.93. The Morgan fingerprint density at radius 3 is 2.44 bits per heavy atom. The van der Waals surface area contributed by atoms with Crippen molar-refractivity contribution in [2.45, 2.75) is 39.3 Å². The predicted octanol–water partition coefficient (Wildman–Crippen LogP) is 3.07. The molecule has 1 aromatic carbocycles. The molecule has 1 unspecified atom stereocenters. The van der Waals surface area contributed by atoms with Crippen LogP contribution in [-0.2, 0) is 6.42 Å². The Kier molecular flexibility index (Phi) is 4.63. The Morgan fingerprint density at radius 2 is 1.94 bits per heavy atom. The van der Waals surface area contributed by atoms with Crippen molar-refractivity contribution in [3.63, 3.8) is 0 Å². The molecule has 0 spiro atoms. The van der Waals surface area contributed by atoms with E-state index in [2.05, 4.69) is 31.9 Å². The highest BCUT2D eigenvalue weighted by molar-refractivity contribution is 6.31. The van der Waals surface area contributed by atoms with Crippen LogP contribution in [-0.4, -0.2) is 19.1 Å². The summed E-state index contributed by atoms with van der Waals surface area (Å²) in [6.07, 6.45) is 0.812. The molecule has 90 valence electrons. The molecular weight excluding hydrogens is 220 g/mol. The highest BCUT2D eigenvalue weighted by atomic mass is 35.5. The molecule has 16 heavy (non-hydrogen) atoms. The number of nitrogens with two attached hydrogens (primary N) is 1. The standard InChI is InChI=1S/C13H21ClN2/c1-9(2)16(4)13-7-5-6-12(14)11(13)8-10(3)15/h5-7,9-10H,8,15H2,1-4H3. The molecule has 0 aromatic heterocycles. The summed E-state index contributed by atoms with van der Waals surface area (Å²) in [5.41, 5.74) is 8.19. The van der Waals surface area contributed by atoms with E-state index < -0.39 is 0 Å². The van der Waals surface area contributed by atoms with E-state index in [1.165, 1.54) is 5.69 Å². The van der Waals surface area contributed by atoms with Crippen molar-refractivity contribution in [3.05, 3.63) is 28.8 Å². The second-order valence-electron chi connectivity index (χ2n) is 4.62. The molecule has 1 rings (SSSR count). The number of hydrogen-bond acceptors (Lipinski definition) is 2. The van der Waals surface area contributed by atoms with Crippen molar-refractivity contribution in [1.82, 2.24) is 0 Å². The molecule has 0 aliphatic heterocycles. The van der Waals surface area contributed by atoms with E-state index in [0.29, 0.717) is 6.04 Å². The van der Waals surface area contributed by atoms with Gasteiger partial charge in [0.25, 0.3) is 0 Å². The minimum atomic E-state index is 0.124. The summed E-state index contributed by atoms with van der Waals surface area (Å²) in [7, 11) is 2.08. The molecular formula is C13H21ClN2. The third-order valence-electron chi connectivity index (χ3n) is 2.77. The zero-order valence-electron chi connectivity index (χ0n) is 10.5. The molecule has 1 aromatic rings. The Balaban J connectivity index is 3.12. The summed E-state index contributed by atoms with van der Waals surface area (Å²) < 4.78 is 0. The smallest absolute Gasteiger partial charge is 0.0459 e. The summed E-state index contributed by atoms with van der Waals surface area (Å²) in [6.45, 7) is 6.33. The highest BCUT2D eigenvalue weighted by Crippen LogP contribution is 2.28. The lowest BCUT2D eigenvalue weighted by Crippen LogP contribution is -2.28. The summed E-state index contributed by atoms with van der Waals surface area (Å²) >= 11 is 6.24. The van der Waals surface area contributed by atoms with E-state index in [-0.39, 0.29) is 6.04 Å². The van der Waals surface area contributed by atoms with Crippen LogP contribution in [0.1, 0.15) is 26.3 Å². The molecule has 2 N–H and O–H groups in total. The van der Waals surface area contributed by atoms with Crippen molar-refractivity contribution >= 4 is 17.3 Å². The first-order valence-corrected chi connectivity index (χ1v) is 6.07. The largest absolute Gasteiger partial charge is 0.372 e. The average molecular weight is 241 g/mol. The van der Waals surface area contributed by atoms with Gasteiger partial charge in [0.1, 0.15) is 0 Å². The van der Waals surface area contributed by atoms with Gasteiger partial charge < -0.3 is 10.6 Å². The predicted molar refractivity (Wildman–Crippen MR) is 72.3 cm³/mol. The topological polar surface area (TPSA) is 29.3 Å². The Hall–Kier alpha value is -0.730. The zero-order chi connectivity index (χ0) is 12.3. The molecule has 0 bridgehead atoms. The van der Waals surface area contributed by atoms with Gasteiger partial charge in [0, 0.05) is 29.8 Å². The maximum absolute atomic E-state index is 6.24. The molecule has 2 nitrogen and oxygen atoms in total. The zero-order valence-corrected chi connectivity index (χ0v) is 11.3. The molecule has 1 atom stereocenters. The summed E-state index contributed by atoms with van der Waals surface area (Å²) in [4.78, 5) is 2.23. The highest BCUT2D eigenvalue weighted by Gasteiger charge is 2.13. The van der Waals surface area contributed by atoms with Crippen LogP contribution in [0.3, 0.4) is 0 Å². The van der Waals surface area contributed by atoms with Crippen LogP contribution in [0.5, 0.6) is 0 Å². The number of halogens is 1. The third kappa shape index (κ3) is 3.13. The van der Waals surface area contributed by atoms with E-state index in [4.69, 9.17) is 17.3 Å². The van der Waals surface area contributed by atoms with Gasteiger partial charge in [-0.3, -0.25) is 0 Å². The van der Waals surface area contributed by atoms with Crippen molar-refractivity contribution in [3.8, 4) is 0 Å². The fourth-order valence-electron chi connectivity index (χ4n) is 1.68. The van der Waals surface area contributed by atoms with Crippen molar-refractivity contribution in [2.75, 3.05) is 11.9 Å². The monoisotopic (exact) mass is 240 g/mol. The number of nitrogens with zero attached hydrogens (tertiary/aromatic N) is 1. The second kappa shape index (κ2) is 5.55. The van der Waals surface area contributed by atoms with Gasteiger partial charge in [-0.1, -0.05) is 17.7 Å². The van der Waals surface area contributed by atoms with Gasteiger partial charge in [-0.15, -0.1) is 0 Å². The van der Waals surface area contributed by atoms with E-state index in [1.54, 1.807) is 0 Å².